The lowest BCUT2D eigenvalue weighted by Crippen LogP contribution is -2.54. The summed E-state index contributed by atoms with van der Waals surface area (Å²) in [4.78, 5) is 10.2. The fraction of sp³-hybridized carbons (Fsp3) is 0.667. The fourth-order valence-electron chi connectivity index (χ4n) is 0.801. The molecule has 0 aromatic rings. The summed E-state index contributed by atoms with van der Waals surface area (Å²) in [5, 5.41) is 8.31. The van der Waals surface area contributed by atoms with E-state index in [-0.39, 0.29) is 0 Å². The molecule has 0 aliphatic rings. The van der Waals surface area contributed by atoms with Crippen molar-refractivity contribution in [2.24, 2.45) is 0 Å². The Hall–Kier alpha value is -1.32. The van der Waals surface area contributed by atoms with Gasteiger partial charge < -0.3 is 9.84 Å². The van der Waals surface area contributed by atoms with Crippen molar-refractivity contribution in [3.05, 3.63) is 12.2 Å². The van der Waals surface area contributed by atoms with Gasteiger partial charge in [0.05, 0.1) is 6.61 Å². The number of hydrogen-bond acceptors (Lipinski definition) is 2. The number of halogens is 7. The van der Waals surface area contributed by atoms with Crippen molar-refractivity contribution < 1.29 is 45.4 Å². The van der Waals surface area contributed by atoms with Gasteiger partial charge in [0.25, 0.3) is 0 Å². The van der Waals surface area contributed by atoms with E-state index in [1.807, 2.05) is 0 Å². The summed E-state index contributed by atoms with van der Waals surface area (Å²) in [5.41, 5.74) is -0.453. The van der Waals surface area contributed by atoms with Crippen LogP contribution in [-0.2, 0) is 9.53 Å². The number of rotatable bonds is 7. The maximum Gasteiger partial charge on any atom is 0.459 e. The molecule has 0 aromatic heterocycles. The molecule has 3 nitrogen and oxygen atoms in total. The highest BCUT2D eigenvalue weighted by molar-refractivity contribution is 5.85. The van der Waals surface area contributed by atoms with Crippen LogP contribution in [0.25, 0.3) is 0 Å². The largest absolute Gasteiger partial charge is 0.478 e. The number of aliphatic carboxylic acids is 1. The Bertz CT molecular complexity index is 348. The molecular weight excluding hydrogens is 289 g/mol. The molecule has 0 amide bonds. The molecule has 0 fully saturated rings. The maximum atomic E-state index is 12.6. The van der Waals surface area contributed by atoms with Gasteiger partial charge in [-0.2, -0.15) is 30.7 Å². The Kier molecular flexibility index (Phi) is 5.36. The predicted molar refractivity (Wildman–Crippen MR) is 48.2 cm³/mol. The zero-order chi connectivity index (χ0) is 15.5. The number of ether oxygens (including phenoxy) is 1. The SMILES string of the molecule is C=C(CCOCC(F)(F)C(F)(F)C(F)(F)F)C(=O)O. The Morgan fingerprint density at radius 2 is 1.58 bits per heavy atom. The molecule has 0 rings (SSSR count). The smallest absolute Gasteiger partial charge is 0.459 e. The van der Waals surface area contributed by atoms with Crippen molar-refractivity contribution in [3.8, 4) is 0 Å². The van der Waals surface area contributed by atoms with Gasteiger partial charge in [0.2, 0.25) is 0 Å². The lowest BCUT2D eigenvalue weighted by Gasteiger charge is -2.27. The summed E-state index contributed by atoms with van der Waals surface area (Å²) >= 11 is 0. The van der Waals surface area contributed by atoms with Crippen molar-refractivity contribution in [3.63, 3.8) is 0 Å². The van der Waals surface area contributed by atoms with Crippen LogP contribution in [0, 0.1) is 0 Å². The molecule has 0 heterocycles. The summed E-state index contributed by atoms with van der Waals surface area (Å²) in [6.07, 6.45) is -6.90. The van der Waals surface area contributed by atoms with E-state index in [4.69, 9.17) is 5.11 Å². The van der Waals surface area contributed by atoms with Crippen LogP contribution >= 0.6 is 0 Å². The van der Waals surface area contributed by atoms with Gasteiger partial charge in [-0.3, -0.25) is 0 Å². The average Bonchev–Trinajstić information content (AvgIpc) is 2.21. The summed E-state index contributed by atoms with van der Waals surface area (Å²) in [6, 6.07) is 0. The highest BCUT2D eigenvalue weighted by Crippen LogP contribution is 2.46. The van der Waals surface area contributed by atoms with Gasteiger partial charge in [0.15, 0.2) is 0 Å². The maximum absolute atomic E-state index is 12.6. The summed E-state index contributed by atoms with van der Waals surface area (Å²) in [6.45, 7) is 0.0237. The quantitative estimate of drug-likeness (QED) is 0.446. The minimum Gasteiger partial charge on any atom is -0.478 e. The Labute approximate surface area is 102 Å². The molecule has 112 valence electrons. The van der Waals surface area contributed by atoms with Gasteiger partial charge >= 0.3 is 24.0 Å². The van der Waals surface area contributed by atoms with Crippen molar-refractivity contribution in [2.45, 2.75) is 24.4 Å². The van der Waals surface area contributed by atoms with E-state index in [0.717, 1.165) is 0 Å². The molecule has 0 aromatic carbocycles. The topological polar surface area (TPSA) is 46.5 Å². The van der Waals surface area contributed by atoms with E-state index < -0.39 is 49.2 Å². The number of hydrogen-bond donors (Lipinski definition) is 1. The molecule has 0 aliphatic heterocycles. The molecular formula is C9H9F7O3. The van der Waals surface area contributed by atoms with Crippen molar-refractivity contribution in [1.29, 1.82) is 0 Å². The van der Waals surface area contributed by atoms with Crippen molar-refractivity contribution in [2.75, 3.05) is 13.2 Å². The number of alkyl halides is 7. The van der Waals surface area contributed by atoms with E-state index in [0.29, 0.717) is 0 Å². The van der Waals surface area contributed by atoms with E-state index in [1.54, 1.807) is 0 Å². The number of carboxylic acids is 1. The second-order valence-corrected chi connectivity index (χ2v) is 3.49. The Morgan fingerprint density at radius 1 is 1.11 bits per heavy atom. The highest BCUT2D eigenvalue weighted by Gasteiger charge is 2.72. The molecule has 0 saturated heterocycles. The molecule has 0 aliphatic carbocycles. The van der Waals surface area contributed by atoms with E-state index in [1.165, 1.54) is 0 Å². The van der Waals surface area contributed by atoms with Crippen LogP contribution in [-0.4, -0.2) is 42.3 Å². The molecule has 0 saturated carbocycles. The van der Waals surface area contributed by atoms with Crippen molar-refractivity contribution in [1.82, 2.24) is 0 Å². The first-order chi connectivity index (χ1) is 8.33. The summed E-state index contributed by atoms with van der Waals surface area (Å²) in [7, 11) is 0. The van der Waals surface area contributed by atoms with Crippen LogP contribution in [0.5, 0.6) is 0 Å². The second kappa shape index (κ2) is 5.76. The lowest BCUT2D eigenvalue weighted by molar-refractivity contribution is -0.361. The van der Waals surface area contributed by atoms with Crippen LogP contribution < -0.4 is 0 Å². The minimum atomic E-state index is -6.41. The predicted octanol–water partition coefficient (Wildman–Crippen LogP) is 2.87. The van der Waals surface area contributed by atoms with E-state index in [9.17, 15) is 35.5 Å². The monoisotopic (exact) mass is 298 g/mol. The fourth-order valence-corrected chi connectivity index (χ4v) is 0.801. The van der Waals surface area contributed by atoms with Crippen LogP contribution in [0.3, 0.4) is 0 Å². The zero-order valence-corrected chi connectivity index (χ0v) is 9.24. The number of carboxylic acid groups (broad SMARTS) is 1. The molecule has 0 radical (unpaired) electrons. The molecule has 10 heteroatoms. The summed E-state index contributed by atoms with van der Waals surface area (Å²) in [5.74, 6) is -13.1. The van der Waals surface area contributed by atoms with Crippen LogP contribution in [0.1, 0.15) is 6.42 Å². The average molecular weight is 298 g/mol. The third-order valence-electron chi connectivity index (χ3n) is 1.95. The van der Waals surface area contributed by atoms with Gasteiger partial charge in [0, 0.05) is 12.0 Å². The zero-order valence-electron chi connectivity index (χ0n) is 9.24. The second-order valence-electron chi connectivity index (χ2n) is 3.49. The Balaban J connectivity index is 4.40. The molecule has 19 heavy (non-hydrogen) atoms. The normalized spacial score (nSPS) is 13.4. The third-order valence-corrected chi connectivity index (χ3v) is 1.95. The van der Waals surface area contributed by atoms with Crippen LogP contribution in [0.4, 0.5) is 30.7 Å². The molecule has 1 N–H and O–H groups in total. The number of carbonyl (C=O) groups is 1. The van der Waals surface area contributed by atoms with Crippen LogP contribution in [0.2, 0.25) is 0 Å². The van der Waals surface area contributed by atoms with Gasteiger partial charge in [-0.1, -0.05) is 6.58 Å². The van der Waals surface area contributed by atoms with Gasteiger partial charge in [-0.15, -0.1) is 0 Å². The minimum absolute atomic E-state index is 0.453. The van der Waals surface area contributed by atoms with Gasteiger partial charge in [-0.05, 0) is 0 Å². The van der Waals surface area contributed by atoms with Gasteiger partial charge in [0.1, 0.15) is 6.61 Å². The molecule has 0 bridgehead atoms. The first kappa shape index (κ1) is 17.7. The Morgan fingerprint density at radius 3 is 1.95 bits per heavy atom. The molecule has 0 spiro atoms. The summed E-state index contributed by atoms with van der Waals surface area (Å²) < 4.78 is 89.0. The molecule has 0 unspecified atom stereocenters. The van der Waals surface area contributed by atoms with E-state index >= 15 is 0 Å². The third kappa shape index (κ3) is 4.37. The first-order valence-corrected chi connectivity index (χ1v) is 4.64. The molecule has 0 atom stereocenters. The standard InChI is InChI=1S/C9H9F7O3/c1-5(6(17)18)2-3-19-4-7(10,11)8(12,13)9(14,15)16/h1-4H2,(H,17,18). The first-order valence-electron chi connectivity index (χ1n) is 4.64. The van der Waals surface area contributed by atoms with Gasteiger partial charge in [-0.25, -0.2) is 4.79 Å². The van der Waals surface area contributed by atoms with Crippen molar-refractivity contribution >= 4 is 5.97 Å². The lowest BCUT2D eigenvalue weighted by atomic mass is 10.2. The van der Waals surface area contributed by atoms with E-state index in [2.05, 4.69) is 11.3 Å². The van der Waals surface area contributed by atoms with Crippen LogP contribution in [0.15, 0.2) is 12.2 Å². The highest BCUT2D eigenvalue weighted by atomic mass is 19.4.